The molecule has 0 aliphatic heterocycles. The van der Waals surface area contributed by atoms with Crippen LogP contribution in [0.25, 0.3) is 6.08 Å². The van der Waals surface area contributed by atoms with Gasteiger partial charge in [-0.25, -0.2) is 9.36 Å². The van der Waals surface area contributed by atoms with E-state index < -0.39 is 13.8 Å². The Hall–Kier alpha value is -2.40. The van der Waals surface area contributed by atoms with Gasteiger partial charge < -0.3 is 9.26 Å². The van der Waals surface area contributed by atoms with E-state index in [0.717, 1.165) is 11.1 Å². The second kappa shape index (κ2) is 10.1. The zero-order chi connectivity index (χ0) is 19.7. The van der Waals surface area contributed by atoms with Gasteiger partial charge in [0.1, 0.15) is 5.75 Å². The fraction of sp³-hybridized carbons (Fsp3) is 0.250. The van der Waals surface area contributed by atoms with E-state index in [2.05, 4.69) is 0 Å². The minimum absolute atomic E-state index is 0.281. The average molecular weight is 390 g/mol. The van der Waals surface area contributed by atoms with Crippen LogP contribution in [0.1, 0.15) is 23.6 Å². The molecule has 0 bridgehead atoms. The third-order valence-electron chi connectivity index (χ3n) is 3.70. The first kappa shape index (κ1) is 20.9. The number of hydrogen-bond acceptors (Lipinski definition) is 6. The Kier molecular flexibility index (Phi) is 7.80. The van der Waals surface area contributed by atoms with Crippen molar-refractivity contribution in [1.82, 2.24) is 0 Å². The van der Waals surface area contributed by atoms with Crippen LogP contribution in [0.15, 0.2) is 54.6 Å². The summed E-state index contributed by atoms with van der Waals surface area (Å²) in [6, 6.07) is 15.2. The fourth-order valence-corrected chi connectivity index (χ4v) is 3.16. The maximum Gasteiger partial charge on any atom is 0.529 e. The number of para-hydroxylation sites is 1. The van der Waals surface area contributed by atoms with Gasteiger partial charge in [-0.15, -0.1) is 0 Å². The summed E-state index contributed by atoms with van der Waals surface area (Å²) < 4.78 is 32.9. The van der Waals surface area contributed by atoms with Crippen molar-refractivity contribution < 1.29 is 27.7 Å². The molecule has 0 saturated heterocycles. The Balaban J connectivity index is 2.44. The van der Waals surface area contributed by atoms with Crippen molar-refractivity contribution in [3.05, 3.63) is 71.3 Å². The second-order valence-corrected chi connectivity index (χ2v) is 7.29. The van der Waals surface area contributed by atoms with Gasteiger partial charge in [0.15, 0.2) is 0 Å². The van der Waals surface area contributed by atoms with E-state index in [0.29, 0.717) is 17.7 Å². The lowest BCUT2D eigenvalue weighted by Crippen LogP contribution is -2.03. The van der Waals surface area contributed by atoms with Gasteiger partial charge in [0.2, 0.25) is 0 Å². The van der Waals surface area contributed by atoms with Crippen molar-refractivity contribution >= 4 is 19.9 Å². The zero-order valence-corrected chi connectivity index (χ0v) is 16.5. The van der Waals surface area contributed by atoms with Gasteiger partial charge in [-0.1, -0.05) is 48.5 Å². The monoisotopic (exact) mass is 390 g/mol. The summed E-state index contributed by atoms with van der Waals surface area (Å²) in [7, 11) is -1.28. The van der Waals surface area contributed by atoms with Gasteiger partial charge in [-0.2, -0.15) is 0 Å². The van der Waals surface area contributed by atoms with Crippen molar-refractivity contribution in [3.63, 3.8) is 0 Å². The zero-order valence-electron chi connectivity index (χ0n) is 15.6. The number of phosphoric ester groups is 1. The molecule has 2 rings (SSSR count). The minimum atomic E-state index is -3.77. The normalized spacial score (nSPS) is 11.5. The van der Waals surface area contributed by atoms with Crippen LogP contribution < -0.4 is 4.52 Å². The topological polar surface area (TPSA) is 71.1 Å². The van der Waals surface area contributed by atoms with Crippen LogP contribution in [0.3, 0.4) is 0 Å². The summed E-state index contributed by atoms with van der Waals surface area (Å²) in [6.07, 6.45) is 3.39. The molecular formula is C20H23O6P. The second-order valence-electron chi connectivity index (χ2n) is 5.49. The lowest BCUT2D eigenvalue weighted by atomic mass is 10.0. The van der Waals surface area contributed by atoms with E-state index in [9.17, 15) is 9.36 Å². The highest BCUT2D eigenvalue weighted by molar-refractivity contribution is 7.48. The van der Waals surface area contributed by atoms with Crippen molar-refractivity contribution in [2.45, 2.75) is 13.3 Å². The van der Waals surface area contributed by atoms with Crippen LogP contribution in [0, 0.1) is 0 Å². The molecular weight excluding hydrogens is 367 g/mol. The number of ether oxygens (including phenoxy) is 1. The third-order valence-corrected chi connectivity index (χ3v) is 5.00. The number of carbonyl (C=O) groups excluding carboxylic acids is 1. The largest absolute Gasteiger partial charge is 0.529 e. The molecule has 0 amide bonds. The smallest absolute Gasteiger partial charge is 0.463 e. The molecule has 0 spiro atoms. The van der Waals surface area contributed by atoms with Crippen LogP contribution in [0.2, 0.25) is 0 Å². The van der Waals surface area contributed by atoms with Crippen LogP contribution in [0.5, 0.6) is 5.75 Å². The predicted octanol–water partition coefficient (Wildman–Crippen LogP) is 4.63. The number of esters is 1. The molecule has 27 heavy (non-hydrogen) atoms. The Bertz CT molecular complexity index is 824. The molecule has 0 unspecified atom stereocenters. The summed E-state index contributed by atoms with van der Waals surface area (Å²) in [6.45, 7) is 2.01. The summed E-state index contributed by atoms with van der Waals surface area (Å²) >= 11 is 0. The Labute approximate surface area is 159 Å². The first-order valence-corrected chi connectivity index (χ1v) is 9.89. The van der Waals surface area contributed by atoms with E-state index in [1.54, 1.807) is 19.1 Å². The summed E-state index contributed by atoms with van der Waals surface area (Å²) in [5.41, 5.74) is 2.39. The molecule has 0 saturated carbocycles. The molecule has 0 aromatic heterocycles. The molecule has 0 radical (unpaired) electrons. The molecule has 0 aliphatic carbocycles. The molecule has 0 heterocycles. The molecule has 0 N–H and O–H groups in total. The number of benzene rings is 2. The van der Waals surface area contributed by atoms with E-state index in [-0.39, 0.29) is 6.61 Å². The van der Waals surface area contributed by atoms with Gasteiger partial charge >= 0.3 is 13.8 Å². The number of rotatable bonds is 9. The predicted molar refractivity (Wildman–Crippen MR) is 104 cm³/mol. The summed E-state index contributed by atoms with van der Waals surface area (Å²) in [5, 5.41) is 0. The lowest BCUT2D eigenvalue weighted by Gasteiger charge is -2.19. The molecule has 0 aliphatic rings. The van der Waals surface area contributed by atoms with Gasteiger partial charge in [-0.3, -0.25) is 9.05 Å². The van der Waals surface area contributed by atoms with Gasteiger partial charge in [0.05, 0.1) is 6.61 Å². The molecule has 0 atom stereocenters. The van der Waals surface area contributed by atoms with Crippen molar-refractivity contribution in [3.8, 4) is 5.75 Å². The van der Waals surface area contributed by atoms with Crippen LogP contribution in [-0.4, -0.2) is 26.8 Å². The highest BCUT2D eigenvalue weighted by Crippen LogP contribution is 2.49. The standard InChI is InChI=1S/C20H23O6P/c1-4-25-19(21)14-13-17-11-8-12-18(15-16-9-6-5-7-10-16)20(17)26-27(22,23-2)24-3/h5-14H,4,15H2,1-3H3/b14-13+. The lowest BCUT2D eigenvalue weighted by molar-refractivity contribution is -0.137. The summed E-state index contributed by atoms with van der Waals surface area (Å²) in [5.74, 6) is -0.146. The van der Waals surface area contributed by atoms with E-state index in [1.807, 2.05) is 42.5 Å². The van der Waals surface area contributed by atoms with E-state index >= 15 is 0 Å². The maximum absolute atomic E-state index is 12.5. The summed E-state index contributed by atoms with van der Waals surface area (Å²) in [4.78, 5) is 11.6. The molecule has 2 aromatic rings. The Morgan fingerprint density at radius 2 is 1.74 bits per heavy atom. The maximum atomic E-state index is 12.5. The highest BCUT2D eigenvalue weighted by Gasteiger charge is 2.27. The fourth-order valence-electron chi connectivity index (χ4n) is 2.41. The number of phosphoric acid groups is 1. The van der Waals surface area contributed by atoms with Crippen LogP contribution in [-0.2, 0) is 29.6 Å². The minimum Gasteiger partial charge on any atom is -0.463 e. The number of carbonyl (C=O) groups is 1. The molecule has 2 aromatic carbocycles. The SMILES string of the molecule is CCOC(=O)/C=C/c1cccc(Cc2ccccc2)c1OP(=O)(OC)OC. The van der Waals surface area contributed by atoms with Crippen LogP contribution >= 0.6 is 7.82 Å². The quantitative estimate of drug-likeness (QED) is 0.353. The highest BCUT2D eigenvalue weighted by atomic mass is 31.2. The molecule has 7 heteroatoms. The third kappa shape index (κ3) is 6.07. The van der Waals surface area contributed by atoms with Crippen molar-refractivity contribution in [1.29, 1.82) is 0 Å². The Morgan fingerprint density at radius 3 is 2.37 bits per heavy atom. The molecule has 6 nitrogen and oxygen atoms in total. The number of hydrogen-bond donors (Lipinski definition) is 0. The Morgan fingerprint density at radius 1 is 1.04 bits per heavy atom. The van der Waals surface area contributed by atoms with E-state index in [1.165, 1.54) is 20.3 Å². The van der Waals surface area contributed by atoms with Crippen molar-refractivity contribution in [2.75, 3.05) is 20.8 Å². The molecule has 0 fully saturated rings. The van der Waals surface area contributed by atoms with E-state index in [4.69, 9.17) is 18.3 Å². The molecule has 144 valence electrons. The first-order valence-electron chi connectivity index (χ1n) is 8.43. The van der Waals surface area contributed by atoms with Crippen LogP contribution in [0.4, 0.5) is 0 Å². The van der Waals surface area contributed by atoms with Gasteiger partial charge in [-0.05, 0) is 24.1 Å². The van der Waals surface area contributed by atoms with Gasteiger partial charge in [0, 0.05) is 32.3 Å². The average Bonchev–Trinajstić information content (AvgIpc) is 2.69. The van der Waals surface area contributed by atoms with Gasteiger partial charge in [0.25, 0.3) is 0 Å². The van der Waals surface area contributed by atoms with Crippen molar-refractivity contribution in [2.24, 2.45) is 0 Å². The first-order chi connectivity index (χ1) is 13.0.